The number of aliphatic hydroxyl groups excluding tert-OH is 17. The molecule has 0 bridgehead atoms. The van der Waals surface area contributed by atoms with Crippen LogP contribution in [0.25, 0.3) is 0 Å². The Morgan fingerprint density at radius 1 is 0.494 bits per heavy atom. The van der Waals surface area contributed by atoms with Crippen LogP contribution in [-0.4, -0.2) is 299 Å². The molecule has 3 aliphatic carbocycles. The number of fused-ring (bicyclic) bond motifs is 3. The number of ether oxygens (including phenoxy) is 10. The van der Waals surface area contributed by atoms with Crippen LogP contribution in [0, 0.1) is 39.4 Å². The van der Waals surface area contributed by atoms with E-state index in [1.807, 2.05) is 13.8 Å². The summed E-state index contributed by atoms with van der Waals surface area (Å²) in [7, 11) is 0. The molecule has 0 amide bonds. The smallest absolute Gasteiger partial charge is 0.314 e. The van der Waals surface area contributed by atoms with Gasteiger partial charge in [0.25, 0.3) is 0 Å². The van der Waals surface area contributed by atoms with Crippen molar-refractivity contribution in [3.8, 4) is 0 Å². The van der Waals surface area contributed by atoms with E-state index in [0.717, 1.165) is 12.0 Å². The van der Waals surface area contributed by atoms with Crippen molar-refractivity contribution >= 4 is 5.97 Å². The second kappa shape index (κ2) is 27.1. The molecule has 17 N–H and O–H groups in total. The molecule has 0 aromatic rings. The van der Waals surface area contributed by atoms with Crippen molar-refractivity contribution in [2.24, 2.45) is 39.4 Å². The Bertz CT molecular complexity index is 2130. The predicted octanol–water partition coefficient (Wildman–Crippen LogP) is -6.07. The molecule has 28 nitrogen and oxygen atoms in total. The van der Waals surface area contributed by atoms with Crippen LogP contribution in [0.4, 0.5) is 0 Å². The van der Waals surface area contributed by atoms with Gasteiger partial charge in [0.1, 0.15) is 110 Å². The van der Waals surface area contributed by atoms with Crippen molar-refractivity contribution in [3.05, 3.63) is 12.2 Å². The molecule has 31 atom stereocenters. The molecule has 83 heavy (non-hydrogen) atoms. The van der Waals surface area contributed by atoms with E-state index in [9.17, 15) is 86.8 Å². The fourth-order valence-electron chi connectivity index (χ4n) is 14.9. The monoisotopic (exact) mass is 1200 g/mol. The Balaban J connectivity index is 0.976. The van der Waals surface area contributed by atoms with Gasteiger partial charge in [-0.05, 0) is 74.5 Å². The largest absolute Gasteiger partial charge is 0.432 e. The van der Waals surface area contributed by atoms with Gasteiger partial charge in [0.15, 0.2) is 18.7 Å². The van der Waals surface area contributed by atoms with Gasteiger partial charge >= 0.3 is 5.97 Å². The van der Waals surface area contributed by atoms with Crippen LogP contribution in [0.3, 0.4) is 0 Å². The molecule has 5 heterocycles. The number of carbonyl (C=O) groups is 1. The lowest BCUT2D eigenvalue weighted by atomic mass is 9.38. The highest BCUT2D eigenvalue weighted by molar-refractivity contribution is 5.78. The first-order valence-corrected chi connectivity index (χ1v) is 29.0. The predicted molar refractivity (Wildman–Crippen MR) is 277 cm³/mol. The first kappa shape index (κ1) is 67.1. The molecule has 5 saturated heterocycles. The molecule has 5 aliphatic heterocycles. The Morgan fingerprint density at radius 2 is 0.964 bits per heavy atom. The van der Waals surface area contributed by atoms with Gasteiger partial charge in [0.2, 0.25) is 6.29 Å². The summed E-state index contributed by atoms with van der Waals surface area (Å²) in [6.07, 6.45) is -33.6. The molecule has 8 aliphatic rings. The van der Waals surface area contributed by atoms with Crippen molar-refractivity contribution in [2.75, 3.05) is 59.5 Å². The molecule has 28 heteroatoms. The molecule has 8 fully saturated rings. The minimum Gasteiger partial charge on any atom is -0.432 e. The van der Waals surface area contributed by atoms with Gasteiger partial charge in [0.05, 0.1) is 77.1 Å². The molecule has 8 rings (SSSR count). The number of carbonyl (C=O) groups excluding carboxylic acids is 1. The molecule has 0 radical (unpaired) electrons. The maximum atomic E-state index is 15.0. The second-order valence-corrected chi connectivity index (χ2v) is 25.4. The Kier molecular flexibility index (Phi) is 21.9. The molecular formula is C55H92O28. The summed E-state index contributed by atoms with van der Waals surface area (Å²) in [6.45, 7) is 8.03. The summed E-state index contributed by atoms with van der Waals surface area (Å²) in [5.41, 5.74) is -2.14. The zero-order chi connectivity index (χ0) is 60.8. The summed E-state index contributed by atoms with van der Waals surface area (Å²) >= 11 is 0. The van der Waals surface area contributed by atoms with Crippen molar-refractivity contribution < 1.29 is 139 Å². The van der Waals surface area contributed by atoms with E-state index in [2.05, 4.69) is 20.4 Å². The summed E-state index contributed by atoms with van der Waals surface area (Å²) in [5, 5.41) is 179. The van der Waals surface area contributed by atoms with Crippen molar-refractivity contribution in [3.63, 3.8) is 0 Å². The minimum absolute atomic E-state index is 0.0460. The number of hydrogen-bond donors (Lipinski definition) is 17. The minimum atomic E-state index is -1.91. The van der Waals surface area contributed by atoms with E-state index >= 15 is 4.79 Å². The van der Waals surface area contributed by atoms with Crippen molar-refractivity contribution in [1.29, 1.82) is 0 Å². The molecule has 480 valence electrons. The summed E-state index contributed by atoms with van der Waals surface area (Å²) < 4.78 is 59.8. The highest BCUT2D eigenvalue weighted by atomic mass is 16.8. The van der Waals surface area contributed by atoms with Gasteiger partial charge in [-0.15, -0.1) is 0 Å². The zero-order valence-electron chi connectivity index (χ0n) is 47.4. The Labute approximate surface area is 481 Å². The van der Waals surface area contributed by atoms with Crippen LogP contribution in [0.5, 0.6) is 0 Å². The average Bonchev–Trinajstić information content (AvgIpc) is 1.89. The van der Waals surface area contributed by atoms with E-state index < -0.39 is 227 Å². The van der Waals surface area contributed by atoms with Gasteiger partial charge in [-0.3, -0.25) is 4.79 Å². The first-order chi connectivity index (χ1) is 39.2. The van der Waals surface area contributed by atoms with Crippen LogP contribution < -0.4 is 0 Å². The fourth-order valence-corrected chi connectivity index (χ4v) is 14.9. The van der Waals surface area contributed by atoms with Crippen LogP contribution in [0.2, 0.25) is 0 Å². The SMILES string of the molecule is C=C1CC2CCC3(C)[C@](C)(C(=O)O[C@@H]4OC(CO)[C@@H](O)C(O)C4O[C@@H]4OC(CO)[C@@H](O)C(O)[C@@H]4O)CCC[C@@]3(C)[C@@H]2CC[C@@]1(C)COC[C@@H]1OC(CO)[C@@H](O)C(COC[C@@H]2OC(CO)[C@@H](O)C(O)[C@@H]2O)[C@@H]1O[C@@H]1OC(CO)[C@@H](O)C(O)C1O. The third-order valence-corrected chi connectivity index (χ3v) is 20.8. The zero-order valence-corrected chi connectivity index (χ0v) is 47.4. The van der Waals surface area contributed by atoms with E-state index in [0.29, 0.717) is 44.9 Å². The highest BCUT2D eigenvalue weighted by Gasteiger charge is 2.67. The highest BCUT2D eigenvalue weighted by Crippen LogP contribution is 2.71. The molecule has 0 aromatic heterocycles. The Morgan fingerprint density at radius 3 is 1.53 bits per heavy atom. The van der Waals surface area contributed by atoms with E-state index in [4.69, 9.17) is 47.4 Å². The third kappa shape index (κ3) is 12.6. The summed E-state index contributed by atoms with van der Waals surface area (Å²) in [5.74, 6) is -1.67. The third-order valence-electron chi connectivity index (χ3n) is 20.8. The second-order valence-electron chi connectivity index (χ2n) is 25.4. The van der Waals surface area contributed by atoms with E-state index in [-0.39, 0.29) is 25.0 Å². The van der Waals surface area contributed by atoms with Gasteiger partial charge in [0, 0.05) is 11.3 Å². The van der Waals surface area contributed by atoms with Gasteiger partial charge in [-0.1, -0.05) is 39.3 Å². The Hall–Kier alpha value is -1.83. The van der Waals surface area contributed by atoms with Crippen LogP contribution in [0.15, 0.2) is 12.2 Å². The number of rotatable bonds is 19. The topological polar surface area (TPSA) is 453 Å². The average molecular weight is 1200 g/mol. The molecule has 0 spiro atoms. The lowest BCUT2D eigenvalue weighted by molar-refractivity contribution is -0.364. The maximum absolute atomic E-state index is 15.0. The normalized spacial score (nSPS) is 51.6. The lowest BCUT2D eigenvalue weighted by Crippen LogP contribution is -2.66. The summed E-state index contributed by atoms with van der Waals surface area (Å²) in [4.78, 5) is 15.0. The van der Waals surface area contributed by atoms with E-state index in [1.165, 1.54) is 0 Å². The lowest BCUT2D eigenvalue weighted by Gasteiger charge is -2.66. The molecule has 3 saturated carbocycles. The van der Waals surface area contributed by atoms with Crippen LogP contribution in [-0.2, 0) is 52.2 Å². The number of esters is 1. The van der Waals surface area contributed by atoms with Gasteiger partial charge < -0.3 is 134 Å². The van der Waals surface area contributed by atoms with E-state index in [1.54, 1.807) is 0 Å². The maximum Gasteiger partial charge on any atom is 0.314 e. The van der Waals surface area contributed by atoms with Crippen molar-refractivity contribution in [1.82, 2.24) is 0 Å². The fraction of sp³-hybridized carbons (Fsp3) is 0.945. The van der Waals surface area contributed by atoms with Crippen LogP contribution in [0.1, 0.15) is 79.1 Å². The van der Waals surface area contributed by atoms with Gasteiger partial charge in [-0.25, -0.2) is 0 Å². The standard InChI is InChI=1S/C55H92O28/c1-23-13-24-7-12-55(5)53(3,9-6-10-54(55,4)51(73)83-50-47(43(70)38(65)31(18-60)80-50)82-49-45(72)42(69)37(64)30(17-59)79-49)26(24)8-11-52(23,2)22-75-21-33-46(81-48-44(71)41(68)36(63)29(16-58)78-48)25(34(61)27(14-56)77-33)19-74-20-32-39(66)40(67)35(62)28(15-57)76-32/h24-50,56-72H,1,6-22H2,2-5H3/t24?,25?,26-,27?,28?,29?,30?,31?,32+,33+,34+,35-,36-,37-,38-,39-,40?,41?,42?,43?,44?,45+,46+,47?,48+,49+,50+,52+,53+,54+,55?/m1/s1. The first-order valence-electron chi connectivity index (χ1n) is 29.0. The molecule has 0 aromatic carbocycles. The molecule has 14 unspecified atom stereocenters. The van der Waals surface area contributed by atoms with Crippen LogP contribution >= 0.6 is 0 Å². The van der Waals surface area contributed by atoms with Gasteiger partial charge in [-0.2, -0.15) is 0 Å². The quantitative estimate of drug-likeness (QED) is 0.0423. The molecular weight excluding hydrogens is 1110 g/mol. The summed E-state index contributed by atoms with van der Waals surface area (Å²) in [6, 6.07) is 0. The van der Waals surface area contributed by atoms with Crippen molar-refractivity contribution in [2.45, 2.75) is 226 Å². The number of hydrogen-bond acceptors (Lipinski definition) is 28. The number of aliphatic hydroxyl groups is 17.